The van der Waals surface area contributed by atoms with E-state index >= 15 is 0 Å². The van der Waals surface area contributed by atoms with Crippen LogP contribution in [-0.2, 0) is 13.0 Å². The molecule has 45 heavy (non-hydrogen) atoms. The number of methoxy groups -OCH3 is 2. The Labute approximate surface area is 264 Å². The summed E-state index contributed by atoms with van der Waals surface area (Å²) in [5.41, 5.74) is 7.00. The van der Waals surface area contributed by atoms with E-state index in [-0.39, 0.29) is 11.5 Å². The zero-order valence-electron chi connectivity index (χ0n) is 26.8. The van der Waals surface area contributed by atoms with Crippen LogP contribution < -0.4 is 19.8 Å². The number of benzene rings is 4. The molecule has 0 spiro atoms. The number of nitrogens with zero attached hydrogens (tertiary/aromatic N) is 3. The second-order valence-electron chi connectivity index (χ2n) is 11.4. The van der Waals surface area contributed by atoms with E-state index in [4.69, 9.17) is 24.3 Å². The molecule has 0 saturated carbocycles. The highest BCUT2D eigenvalue weighted by molar-refractivity contribution is 5.83. The predicted octanol–water partition coefficient (Wildman–Crippen LogP) is 8.01. The van der Waals surface area contributed by atoms with Gasteiger partial charge in [0.25, 0.3) is 5.56 Å². The topological polar surface area (TPSA) is 74.9 Å². The molecule has 0 radical (unpaired) electrons. The summed E-state index contributed by atoms with van der Waals surface area (Å²) in [7, 11) is 3.28. The van der Waals surface area contributed by atoms with Crippen LogP contribution in [0, 0.1) is 13.8 Å². The van der Waals surface area contributed by atoms with E-state index in [0.717, 1.165) is 39.1 Å². The predicted molar refractivity (Wildman–Crippen MR) is 182 cm³/mol. The van der Waals surface area contributed by atoms with Gasteiger partial charge >= 0.3 is 0 Å². The molecule has 0 aliphatic rings. The summed E-state index contributed by atoms with van der Waals surface area (Å²) in [6.45, 7) is 12.6. The van der Waals surface area contributed by atoms with Gasteiger partial charge < -0.3 is 14.2 Å². The van der Waals surface area contributed by atoms with Crippen molar-refractivity contribution >= 4 is 17.1 Å². The molecule has 0 aliphatic carbocycles. The molecule has 7 nitrogen and oxygen atoms in total. The van der Waals surface area contributed by atoms with Crippen LogP contribution in [0.25, 0.3) is 22.3 Å². The van der Waals surface area contributed by atoms with E-state index in [9.17, 15) is 4.79 Å². The molecule has 0 N–H and O–H groups in total. The highest BCUT2D eigenvalue weighted by atomic mass is 16.5. The summed E-state index contributed by atoms with van der Waals surface area (Å²) < 4.78 is 19.1. The van der Waals surface area contributed by atoms with E-state index in [1.165, 1.54) is 10.2 Å². The van der Waals surface area contributed by atoms with Crippen LogP contribution in [0.15, 0.2) is 95.3 Å². The fraction of sp³-hybridized carbons (Fsp3) is 0.237. The molecule has 0 bridgehead atoms. The van der Waals surface area contributed by atoms with Gasteiger partial charge in [-0.2, -0.15) is 9.78 Å². The van der Waals surface area contributed by atoms with Gasteiger partial charge in [-0.05, 0) is 84.8 Å². The van der Waals surface area contributed by atoms with Crippen molar-refractivity contribution in [1.29, 1.82) is 0 Å². The Kier molecular flexibility index (Phi) is 9.48. The molecular formula is C38H39N3O4. The maximum Gasteiger partial charge on any atom is 0.282 e. The summed E-state index contributed by atoms with van der Waals surface area (Å²) in [6, 6.07) is 23.4. The molecule has 4 aromatic carbocycles. The van der Waals surface area contributed by atoms with Crippen LogP contribution in [0.3, 0.4) is 0 Å². The maximum absolute atomic E-state index is 13.9. The first-order valence-corrected chi connectivity index (χ1v) is 15.0. The van der Waals surface area contributed by atoms with Crippen LogP contribution in [0.5, 0.6) is 17.2 Å². The third-order valence-electron chi connectivity index (χ3n) is 7.76. The summed E-state index contributed by atoms with van der Waals surface area (Å²) in [6.07, 6.45) is 4.04. The number of ether oxygens (including phenoxy) is 3. The fourth-order valence-electron chi connectivity index (χ4n) is 5.32. The lowest BCUT2D eigenvalue weighted by Gasteiger charge is -2.17. The van der Waals surface area contributed by atoms with Crippen molar-refractivity contribution < 1.29 is 14.2 Å². The summed E-state index contributed by atoms with van der Waals surface area (Å²) in [5.74, 6) is 2.67. The molecule has 0 fully saturated rings. The minimum absolute atomic E-state index is 0.200. The van der Waals surface area contributed by atoms with Gasteiger partial charge in [0.15, 0.2) is 17.3 Å². The van der Waals surface area contributed by atoms with Gasteiger partial charge in [0.2, 0.25) is 0 Å². The number of fused-ring (bicyclic) bond motifs is 1. The van der Waals surface area contributed by atoms with Crippen molar-refractivity contribution in [3.05, 3.63) is 129 Å². The molecule has 0 unspecified atom stereocenters. The largest absolute Gasteiger partial charge is 0.496 e. The number of hydrogen-bond donors (Lipinski definition) is 0. The number of hydrogen-bond acceptors (Lipinski definition) is 6. The molecule has 5 rings (SSSR count). The van der Waals surface area contributed by atoms with Crippen LogP contribution in [-0.4, -0.2) is 30.1 Å². The molecule has 0 saturated heterocycles. The molecule has 0 atom stereocenters. The van der Waals surface area contributed by atoms with Gasteiger partial charge in [-0.3, -0.25) is 4.79 Å². The maximum atomic E-state index is 13.9. The molecular weight excluding hydrogens is 562 g/mol. The van der Waals surface area contributed by atoms with Crippen molar-refractivity contribution in [2.75, 3.05) is 14.2 Å². The van der Waals surface area contributed by atoms with Crippen LogP contribution in [0.1, 0.15) is 53.1 Å². The SMILES string of the molecule is C=CCc1cc(C=Nn2c(-c3cc(C(C)C)c(OC)cc3C)nc3ccccc3c2=O)cc(OC)c1OCc1ccc(C)cc1. The minimum atomic E-state index is -0.260. The van der Waals surface area contributed by atoms with Crippen molar-refractivity contribution in [3.63, 3.8) is 0 Å². The van der Waals surface area contributed by atoms with E-state index in [1.807, 2.05) is 55.5 Å². The zero-order valence-corrected chi connectivity index (χ0v) is 26.8. The Morgan fingerprint density at radius 3 is 2.38 bits per heavy atom. The van der Waals surface area contributed by atoms with Gasteiger partial charge in [0.05, 0.1) is 31.3 Å². The number of rotatable bonds is 11. The van der Waals surface area contributed by atoms with Crippen molar-refractivity contribution in [3.8, 4) is 28.6 Å². The van der Waals surface area contributed by atoms with Gasteiger partial charge in [-0.1, -0.05) is 61.9 Å². The first-order valence-electron chi connectivity index (χ1n) is 15.0. The van der Waals surface area contributed by atoms with E-state index < -0.39 is 0 Å². The van der Waals surface area contributed by atoms with Crippen LogP contribution in [0.2, 0.25) is 0 Å². The average Bonchev–Trinajstić information content (AvgIpc) is 3.04. The summed E-state index contributed by atoms with van der Waals surface area (Å²) in [5, 5.41) is 5.22. The lowest BCUT2D eigenvalue weighted by atomic mass is 9.96. The second kappa shape index (κ2) is 13.6. The average molecular weight is 602 g/mol. The minimum Gasteiger partial charge on any atom is -0.496 e. The van der Waals surface area contributed by atoms with Gasteiger partial charge in [0, 0.05) is 11.1 Å². The molecule has 230 valence electrons. The van der Waals surface area contributed by atoms with Crippen molar-refractivity contribution in [1.82, 2.24) is 9.66 Å². The standard InChI is InChI=1S/C38H39N3O4/c1-8-11-29-19-28(20-35(44-7)36(29)45-23-27-16-14-25(4)15-17-27)22-39-41-37(40-33-13-10-9-12-30(33)38(41)42)32-21-31(24(2)3)34(43-6)18-26(32)5/h8-10,12-22,24H,1,11,23H2,2-7H3. The Balaban J connectivity index is 1.62. The Bertz CT molecular complexity index is 1940. The van der Waals surface area contributed by atoms with Crippen LogP contribution in [0.4, 0.5) is 0 Å². The van der Waals surface area contributed by atoms with Crippen molar-refractivity contribution in [2.45, 2.75) is 46.6 Å². The number of para-hydroxylation sites is 1. The molecule has 1 heterocycles. The van der Waals surface area contributed by atoms with E-state index in [1.54, 1.807) is 26.5 Å². The summed E-state index contributed by atoms with van der Waals surface area (Å²) >= 11 is 0. The number of aryl methyl sites for hydroxylation is 2. The van der Waals surface area contributed by atoms with Crippen LogP contribution >= 0.6 is 0 Å². The quantitative estimate of drug-likeness (QED) is 0.113. The first-order chi connectivity index (χ1) is 21.7. The second-order valence-corrected chi connectivity index (χ2v) is 11.4. The van der Waals surface area contributed by atoms with Gasteiger partial charge in [-0.25, -0.2) is 4.98 Å². The Hall–Kier alpha value is -5.17. The molecule has 5 aromatic rings. The lowest BCUT2D eigenvalue weighted by molar-refractivity contribution is 0.282. The first kappa shape index (κ1) is 31.3. The molecule has 0 aliphatic heterocycles. The Morgan fingerprint density at radius 1 is 0.956 bits per heavy atom. The third-order valence-corrected chi connectivity index (χ3v) is 7.76. The summed E-state index contributed by atoms with van der Waals surface area (Å²) in [4.78, 5) is 18.9. The smallest absolute Gasteiger partial charge is 0.282 e. The molecule has 7 heteroatoms. The highest BCUT2D eigenvalue weighted by Gasteiger charge is 2.19. The lowest BCUT2D eigenvalue weighted by Crippen LogP contribution is -2.21. The normalized spacial score (nSPS) is 11.4. The highest BCUT2D eigenvalue weighted by Crippen LogP contribution is 2.35. The number of aromatic nitrogens is 2. The van der Waals surface area contributed by atoms with Gasteiger partial charge in [0.1, 0.15) is 12.4 Å². The van der Waals surface area contributed by atoms with Gasteiger partial charge in [-0.15, -0.1) is 6.58 Å². The third kappa shape index (κ3) is 6.68. The Morgan fingerprint density at radius 2 is 1.69 bits per heavy atom. The molecule has 1 aromatic heterocycles. The van der Waals surface area contributed by atoms with E-state index in [0.29, 0.717) is 41.3 Å². The zero-order chi connectivity index (χ0) is 32.1. The fourth-order valence-corrected chi connectivity index (χ4v) is 5.32. The van der Waals surface area contributed by atoms with E-state index in [2.05, 4.69) is 51.6 Å². The molecule has 0 amide bonds. The monoisotopic (exact) mass is 601 g/mol. The van der Waals surface area contributed by atoms with Crippen molar-refractivity contribution in [2.24, 2.45) is 5.10 Å². The number of allylic oxidation sites excluding steroid dienone is 1.